The Bertz CT molecular complexity index is 818. The quantitative estimate of drug-likeness (QED) is 0.776. The fourth-order valence-corrected chi connectivity index (χ4v) is 3.25. The third-order valence-electron chi connectivity index (χ3n) is 2.90. The van der Waals surface area contributed by atoms with Gasteiger partial charge in [0, 0.05) is 11.8 Å². The molecular weight excluding hydrogens is 386 g/mol. The number of aromatic carboxylic acids is 1. The maximum atomic E-state index is 12.4. The van der Waals surface area contributed by atoms with Crippen molar-refractivity contribution in [2.24, 2.45) is 0 Å². The molecule has 6 nitrogen and oxygen atoms in total. The number of halogens is 1. The average Bonchev–Trinajstić information content (AvgIpc) is 2.49. The Morgan fingerprint density at radius 3 is 2.43 bits per heavy atom. The predicted molar refractivity (Wildman–Crippen MR) is 89.5 cm³/mol. The molecule has 2 rings (SSSR count). The molecule has 2 N–H and O–H groups in total. The van der Waals surface area contributed by atoms with Gasteiger partial charge in [0.15, 0.2) is 0 Å². The van der Waals surface area contributed by atoms with Crippen LogP contribution in [0.25, 0.3) is 0 Å². The van der Waals surface area contributed by atoms with Gasteiger partial charge in [0.1, 0.15) is 5.75 Å². The van der Waals surface area contributed by atoms with Crippen LogP contribution in [0.15, 0.2) is 51.8 Å². The van der Waals surface area contributed by atoms with Crippen molar-refractivity contribution in [2.45, 2.75) is 11.8 Å². The lowest BCUT2D eigenvalue weighted by molar-refractivity contribution is 0.0697. The van der Waals surface area contributed by atoms with Gasteiger partial charge in [0.2, 0.25) is 0 Å². The Morgan fingerprint density at radius 1 is 1.22 bits per heavy atom. The zero-order chi connectivity index (χ0) is 17.0. The highest BCUT2D eigenvalue weighted by Gasteiger charge is 2.16. The summed E-state index contributed by atoms with van der Waals surface area (Å²) >= 11 is 3.29. The van der Waals surface area contributed by atoms with Crippen LogP contribution < -0.4 is 9.46 Å². The van der Waals surface area contributed by atoms with Crippen LogP contribution in [-0.4, -0.2) is 26.1 Å². The van der Waals surface area contributed by atoms with Crippen LogP contribution in [0.4, 0.5) is 5.69 Å². The number of carboxylic acids is 1. The van der Waals surface area contributed by atoms with Gasteiger partial charge in [-0.3, -0.25) is 4.72 Å². The van der Waals surface area contributed by atoms with E-state index in [0.717, 1.165) is 0 Å². The second-order valence-corrected chi connectivity index (χ2v) is 7.05. The topological polar surface area (TPSA) is 92.7 Å². The number of sulfonamides is 1. The maximum absolute atomic E-state index is 12.4. The molecule has 0 aliphatic rings. The number of benzene rings is 2. The van der Waals surface area contributed by atoms with Gasteiger partial charge >= 0.3 is 5.97 Å². The molecular formula is C15H14BrNO5S. The number of nitrogens with one attached hydrogen (secondary N) is 1. The van der Waals surface area contributed by atoms with Gasteiger partial charge < -0.3 is 9.84 Å². The zero-order valence-electron chi connectivity index (χ0n) is 12.1. The van der Waals surface area contributed by atoms with Crippen molar-refractivity contribution in [3.05, 3.63) is 52.5 Å². The molecule has 0 aromatic heterocycles. The minimum atomic E-state index is -3.80. The molecule has 0 radical (unpaired) electrons. The van der Waals surface area contributed by atoms with Gasteiger partial charge in [-0.25, -0.2) is 13.2 Å². The lowest BCUT2D eigenvalue weighted by Crippen LogP contribution is -2.13. The largest absolute Gasteiger partial charge is 0.493 e. The molecule has 0 amide bonds. The Morgan fingerprint density at radius 2 is 1.87 bits per heavy atom. The summed E-state index contributed by atoms with van der Waals surface area (Å²) in [6.07, 6.45) is 0. The molecule has 8 heteroatoms. The van der Waals surface area contributed by atoms with Crippen molar-refractivity contribution in [1.29, 1.82) is 0 Å². The minimum absolute atomic E-state index is 0.0476. The van der Waals surface area contributed by atoms with E-state index < -0.39 is 16.0 Å². The van der Waals surface area contributed by atoms with Crippen molar-refractivity contribution >= 4 is 37.6 Å². The molecule has 2 aromatic carbocycles. The molecule has 0 spiro atoms. The summed E-state index contributed by atoms with van der Waals surface area (Å²) in [6, 6.07) is 9.89. The average molecular weight is 400 g/mol. The van der Waals surface area contributed by atoms with Gasteiger partial charge in [0.25, 0.3) is 10.0 Å². The number of anilines is 1. The predicted octanol–water partition coefficient (Wildman–Crippen LogP) is 3.35. The summed E-state index contributed by atoms with van der Waals surface area (Å²) < 4.78 is 33.2. The zero-order valence-corrected chi connectivity index (χ0v) is 14.5. The van der Waals surface area contributed by atoms with E-state index in [-0.39, 0.29) is 16.1 Å². The van der Waals surface area contributed by atoms with Crippen LogP contribution in [-0.2, 0) is 10.0 Å². The van der Waals surface area contributed by atoms with Crippen molar-refractivity contribution in [2.75, 3.05) is 11.3 Å². The van der Waals surface area contributed by atoms with E-state index in [2.05, 4.69) is 20.7 Å². The first kappa shape index (κ1) is 17.3. The second-order valence-electron chi connectivity index (χ2n) is 4.51. The highest BCUT2D eigenvalue weighted by Crippen LogP contribution is 2.28. The lowest BCUT2D eigenvalue weighted by Gasteiger charge is -2.11. The first-order valence-corrected chi connectivity index (χ1v) is 8.89. The Hall–Kier alpha value is -2.06. The van der Waals surface area contributed by atoms with Crippen molar-refractivity contribution in [3.63, 3.8) is 0 Å². The van der Waals surface area contributed by atoms with Crippen LogP contribution in [0.2, 0.25) is 0 Å². The number of carboxylic acid groups (broad SMARTS) is 1. The highest BCUT2D eigenvalue weighted by atomic mass is 79.9. The van der Waals surface area contributed by atoms with Crippen LogP contribution in [0.3, 0.4) is 0 Å². The molecule has 0 heterocycles. The molecule has 0 aliphatic heterocycles. The van der Waals surface area contributed by atoms with Crippen LogP contribution in [0.1, 0.15) is 17.3 Å². The summed E-state index contributed by atoms with van der Waals surface area (Å²) in [5, 5.41) is 8.84. The Balaban J connectivity index is 2.28. The Labute approximate surface area is 142 Å². The second kappa shape index (κ2) is 7.01. The van der Waals surface area contributed by atoms with Crippen molar-refractivity contribution in [1.82, 2.24) is 0 Å². The number of carbonyl (C=O) groups is 1. The summed E-state index contributed by atoms with van der Waals surface area (Å²) in [6.45, 7) is 2.21. The summed E-state index contributed by atoms with van der Waals surface area (Å²) in [5.74, 6) is -0.648. The molecule has 23 heavy (non-hydrogen) atoms. The van der Waals surface area contributed by atoms with E-state index in [1.165, 1.54) is 36.4 Å². The van der Waals surface area contributed by atoms with E-state index in [0.29, 0.717) is 16.8 Å². The standard InChI is InChI=1S/C15H14BrNO5S/c1-2-22-14-9-12(7-8-13(14)16)23(20,21)17-11-5-3-10(4-6-11)15(18)19/h3-9,17H,2H2,1H3,(H,18,19). The van der Waals surface area contributed by atoms with Crippen LogP contribution in [0.5, 0.6) is 5.75 Å². The van der Waals surface area contributed by atoms with Crippen molar-refractivity contribution < 1.29 is 23.1 Å². The van der Waals surface area contributed by atoms with Gasteiger partial charge in [-0.15, -0.1) is 0 Å². The normalized spacial score (nSPS) is 11.0. The monoisotopic (exact) mass is 399 g/mol. The molecule has 0 fully saturated rings. The molecule has 0 saturated carbocycles. The summed E-state index contributed by atoms with van der Waals surface area (Å²) in [7, 11) is -3.80. The fourth-order valence-electron chi connectivity index (χ4n) is 1.81. The van der Waals surface area contributed by atoms with E-state index in [9.17, 15) is 13.2 Å². The van der Waals surface area contributed by atoms with Gasteiger partial charge in [-0.05, 0) is 59.3 Å². The fraction of sp³-hybridized carbons (Fsp3) is 0.133. The van der Waals surface area contributed by atoms with E-state index in [4.69, 9.17) is 9.84 Å². The smallest absolute Gasteiger partial charge is 0.335 e. The van der Waals surface area contributed by atoms with E-state index >= 15 is 0 Å². The van der Waals surface area contributed by atoms with Gasteiger partial charge in [-0.2, -0.15) is 0 Å². The molecule has 0 bridgehead atoms. The first-order valence-electron chi connectivity index (χ1n) is 6.62. The molecule has 0 unspecified atom stereocenters. The SMILES string of the molecule is CCOc1cc(S(=O)(=O)Nc2ccc(C(=O)O)cc2)ccc1Br. The third-order valence-corrected chi connectivity index (χ3v) is 4.93. The van der Waals surface area contributed by atoms with Gasteiger partial charge in [-0.1, -0.05) is 0 Å². The van der Waals surface area contributed by atoms with Crippen LogP contribution in [0, 0.1) is 0 Å². The number of ether oxygens (including phenoxy) is 1. The molecule has 2 aromatic rings. The number of hydrogen-bond acceptors (Lipinski definition) is 4. The van der Waals surface area contributed by atoms with Gasteiger partial charge in [0.05, 0.1) is 21.5 Å². The molecule has 0 atom stereocenters. The first-order chi connectivity index (χ1) is 10.8. The minimum Gasteiger partial charge on any atom is -0.493 e. The molecule has 122 valence electrons. The number of rotatable bonds is 6. The third kappa shape index (κ3) is 4.23. The summed E-state index contributed by atoms with van der Waals surface area (Å²) in [4.78, 5) is 10.8. The molecule has 0 saturated heterocycles. The number of hydrogen-bond donors (Lipinski definition) is 2. The van der Waals surface area contributed by atoms with E-state index in [1.807, 2.05) is 0 Å². The maximum Gasteiger partial charge on any atom is 0.335 e. The van der Waals surface area contributed by atoms with Crippen molar-refractivity contribution in [3.8, 4) is 5.75 Å². The lowest BCUT2D eigenvalue weighted by atomic mass is 10.2. The molecule has 0 aliphatic carbocycles. The van der Waals surface area contributed by atoms with E-state index in [1.54, 1.807) is 13.0 Å². The Kier molecular flexibility index (Phi) is 5.27. The highest BCUT2D eigenvalue weighted by molar-refractivity contribution is 9.10. The summed E-state index contributed by atoms with van der Waals surface area (Å²) in [5.41, 5.74) is 0.353. The van der Waals surface area contributed by atoms with Crippen LogP contribution >= 0.6 is 15.9 Å².